The monoisotopic (exact) mass is 555 g/mol. The Morgan fingerprint density at radius 2 is 1.67 bits per heavy atom. The van der Waals surface area contributed by atoms with Gasteiger partial charge >= 0.3 is 0 Å². The smallest absolute Gasteiger partial charge is 0.244 e. The molecule has 1 atom stereocenters. The van der Waals surface area contributed by atoms with Crippen molar-refractivity contribution in [1.82, 2.24) is 10.2 Å². The van der Waals surface area contributed by atoms with Gasteiger partial charge in [0.25, 0.3) is 0 Å². The van der Waals surface area contributed by atoms with Crippen molar-refractivity contribution in [1.29, 1.82) is 0 Å². The number of rotatable bonds is 12. The number of hydrogen-bond donors (Lipinski definition) is 1. The molecular weight excluding hydrogens is 521 g/mol. The van der Waals surface area contributed by atoms with Crippen LogP contribution in [-0.2, 0) is 26.2 Å². The molecule has 10 heteroatoms. The summed E-state index contributed by atoms with van der Waals surface area (Å²) in [5, 5.41) is 3.64. The van der Waals surface area contributed by atoms with Gasteiger partial charge in [0.1, 0.15) is 12.6 Å². The molecule has 2 aromatic carbocycles. The minimum atomic E-state index is -3.79. The van der Waals surface area contributed by atoms with Gasteiger partial charge in [-0.15, -0.1) is 0 Å². The summed E-state index contributed by atoms with van der Waals surface area (Å²) in [6.45, 7) is 7.86. The van der Waals surface area contributed by atoms with Crippen molar-refractivity contribution in [3.05, 3.63) is 63.6 Å². The van der Waals surface area contributed by atoms with Gasteiger partial charge < -0.3 is 10.2 Å². The number of carbonyl (C=O) groups is 2. The van der Waals surface area contributed by atoms with Crippen LogP contribution in [0.15, 0.2) is 42.5 Å². The molecule has 0 saturated heterocycles. The molecule has 0 radical (unpaired) electrons. The van der Waals surface area contributed by atoms with Crippen LogP contribution < -0.4 is 9.62 Å². The van der Waals surface area contributed by atoms with Gasteiger partial charge in [-0.3, -0.25) is 13.9 Å². The lowest BCUT2D eigenvalue weighted by atomic mass is 10.0. The van der Waals surface area contributed by atoms with E-state index in [0.29, 0.717) is 34.3 Å². The van der Waals surface area contributed by atoms with E-state index in [-0.39, 0.29) is 18.4 Å². The standard InChI is InChI=1S/C26H35Cl2N3O4S/c1-6-14-29-26(33)24(7-2)30(16-20-8-11-21(27)15-23(20)28)25(32)17-31(36(5,34)35)22-12-9-19(10-13-22)18(3)4/h8-13,15,18,24H,6-7,14,16-17H2,1-5H3,(H,29,33)/t24-/m1/s1. The molecule has 0 aromatic heterocycles. The summed E-state index contributed by atoms with van der Waals surface area (Å²) in [5.74, 6) is -0.540. The Kier molecular flexibility index (Phi) is 11.1. The minimum Gasteiger partial charge on any atom is -0.354 e. The predicted octanol–water partition coefficient (Wildman–Crippen LogP) is 5.22. The first kappa shape index (κ1) is 29.9. The summed E-state index contributed by atoms with van der Waals surface area (Å²) in [4.78, 5) is 28.0. The van der Waals surface area contributed by atoms with Crippen molar-refractivity contribution in [2.24, 2.45) is 0 Å². The average Bonchev–Trinajstić information content (AvgIpc) is 2.81. The van der Waals surface area contributed by atoms with Crippen molar-refractivity contribution < 1.29 is 18.0 Å². The number of hydrogen-bond acceptors (Lipinski definition) is 4. The lowest BCUT2D eigenvalue weighted by Gasteiger charge is -2.33. The fourth-order valence-electron chi connectivity index (χ4n) is 3.76. The van der Waals surface area contributed by atoms with Crippen molar-refractivity contribution >= 4 is 50.7 Å². The maximum absolute atomic E-state index is 13.7. The van der Waals surface area contributed by atoms with E-state index in [0.717, 1.165) is 22.5 Å². The van der Waals surface area contributed by atoms with Gasteiger partial charge in [-0.2, -0.15) is 0 Å². The molecule has 0 aliphatic carbocycles. The zero-order chi connectivity index (χ0) is 27.0. The van der Waals surface area contributed by atoms with Crippen LogP contribution >= 0.6 is 23.2 Å². The van der Waals surface area contributed by atoms with E-state index in [1.165, 1.54) is 4.90 Å². The highest BCUT2D eigenvalue weighted by Gasteiger charge is 2.32. The Labute approximate surface area is 224 Å². The molecular formula is C26H35Cl2N3O4S. The average molecular weight is 557 g/mol. The largest absolute Gasteiger partial charge is 0.354 e. The fraction of sp³-hybridized carbons (Fsp3) is 0.462. The highest BCUT2D eigenvalue weighted by atomic mass is 35.5. The number of benzene rings is 2. The van der Waals surface area contributed by atoms with Gasteiger partial charge in [0, 0.05) is 23.1 Å². The van der Waals surface area contributed by atoms with Gasteiger partial charge in [-0.05, 0) is 54.2 Å². The van der Waals surface area contributed by atoms with Crippen LogP contribution in [0.5, 0.6) is 0 Å². The lowest BCUT2D eigenvalue weighted by molar-refractivity contribution is -0.140. The molecule has 1 N–H and O–H groups in total. The molecule has 2 aromatic rings. The van der Waals surface area contributed by atoms with Crippen LogP contribution in [0.4, 0.5) is 5.69 Å². The molecule has 7 nitrogen and oxygen atoms in total. The highest BCUT2D eigenvalue weighted by molar-refractivity contribution is 7.92. The quantitative estimate of drug-likeness (QED) is 0.389. The number of anilines is 1. The van der Waals surface area contributed by atoms with Crippen molar-refractivity contribution in [3.8, 4) is 0 Å². The molecule has 2 amide bonds. The molecule has 198 valence electrons. The zero-order valence-corrected chi connectivity index (χ0v) is 23.8. The van der Waals surface area contributed by atoms with E-state index in [4.69, 9.17) is 23.2 Å². The van der Waals surface area contributed by atoms with Crippen molar-refractivity contribution in [3.63, 3.8) is 0 Å². The Balaban J connectivity index is 2.45. The van der Waals surface area contributed by atoms with Crippen LogP contribution in [0.2, 0.25) is 10.0 Å². The molecule has 0 spiro atoms. The number of carbonyl (C=O) groups excluding carboxylic acids is 2. The van der Waals surface area contributed by atoms with Crippen molar-refractivity contribution in [2.75, 3.05) is 23.7 Å². The zero-order valence-electron chi connectivity index (χ0n) is 21.4. The Morgan fingerprint density at radius 1 is 1.03 bits per heavy atom. The molecule has 0 bridgehead atoms. The van der Waals surface area contributed by atoms with Crippen LogP contribution in [0.1, 0.15) is 57.6 Å². The molecule has 0 fully saturated rings. The molecule has 36 heavy (non-hydrogen) atoms. The molecule has 2 rings (SSSR count). The number of halogens is 2. The van der Waals surface area contributed by atoms with Gasteiger partial charge in [0.05, 0.1) is 11.9 Å². The second-order valence-corrected chi connectivity index (χ2v) is 11.7. The highest BCUT2D eigenvalue weighted by Crippen LogP contribution is 2.25. The third-order valence-corrected chi connectivity index (χ3v) is 7.55. The first-order valence-corrected chi connectivity index (χ1v) is 14.6. The fourth-order valence-corrected chi connectivity index (χ4v) is 5.08. The van der Waals surface area contributed by atoms with E-state index in [1.54, 1.807) is 37.3 Å². The van der Waals surface area contributed by atoms with Gasteiger partial charge in [0.15, 0.2) is 0 Å². The van der Waals surface area contributed by atoms with Gasteiger partial charge in [0.2, 0.25) is 21.8 Å². The number of nitrogens with one attached hydrogen (secondary N) is 1. The lowest BCUT2D eigenvalue weighted by Crippen LogP contribution is -2.52. The summed E-state index contributed by atoms with van der Waals surface area (Å²) in [6, 6.07) is 11.2. The van der Waals surface area contributed by atoms with Gasteiger partial charge in [-0.1, -0.05) is 69.1 Å². The predicted molar refractivity (Wildman–Crippen MR) is 147 cm³/mol. The van der Waals surface area contributed by atoms with E-state index in [9.17, 15) is 18.0 Å². The number of sulfonamides is 1. The number of nitrogens with zero attached hydrogens (tertiary/aromatic N) is 2. The normalized spacial score (nSPS) is 12.3. The van der Waals surface area contributed by atoms with E-state index in [2.05, 4.69) is 5.32 Å². The van der Waals surface area contributed by atoms with Gasteiger partial charge in [-0.25, -0.2) is 8.42 Å². The topological polar surface area (TPSA) is 86.8 Å². The summed E-state index contributed by atoms with van der Waals surface area (Å²) in [5.41, 5.74) is 2.03. The molecule has 0 heterocycles. The Hall–Kier alpha value is -2.29. The van der Waals surface area contributed by atoms with Crippen LogP contribution in [-0.4, -0.2) is 50.5 Å². The van der Waals surface area contributed by atoms with Crippen molar-refractivity contribution in [2.45, 2.75) is 59.0 Å². The minimum absolute atomic E-state index is 0.0246. The second-order valence-electron chi connectivity index (χ2n) is 8.99. The molecule has 0 unspecified atom stereocenters. The maximum Gasteiger partial charge on any atom is 0.244 e. The van der Waals surface area contributed by atoms with Crippen LogP contribution in [0, 0.1) is 0 Å². The first-order chi connectivity index (χ1) is 16.9. The molecule has 0 aliphatic heterocycles. The van der Waals surface area contributed by atoms with Crippen LogP contribution in [0.3, 0.4) is 0 Å². The maximum atomic E-state index is 13.7. The summed E-state index contributed by atoms with van der Waals surface area (Å²) in [6.07, 6.45) is 2.14. The molecule has 0 saturated carbocycles. The SMILES string of the molecule is CCCNC(=O)[C@@H](CC)N(Cc1ccc(Cl)cc1Cl)C(=O)CN(c1ccc(C(C)C)cc1)S(C)(=O)=O. The Bertz CT molecular complexity index is 1150. The molecule has 0 aliphatic rings. The number of amides is 2. The third-order valence-electron chi connectivity index (χ3n) is 5.82. The summed E-state index contributed by atoms with van der Waals surface area (Å²) in [7, 11) is -3.79. The summed E-state index contributed by atoms with van der Waals surface area (Å²) < 4.78 is 26.5. The third kappa shape index (κ3) is 8.11. The second kappa shape index (κ2) is 13.3. The first-order valence-electron chi connectivity index (χ1n) is 12.0. The van der Waals surface area contributed by atoms with E-state index < -0.39 is 28.5 Å². The van der Waals surface area contributed by atoms with E-state index >= 15 is 0 Å². The van der Waals surface area contributed by atoms with E-state index in [1.807, 2.05) is 32.9 Å². The Morgan fingerprint density at radius 3 is 2.17 bits per heavy atom. The van der Waals surface area contributed by atoms with Crippen LogP contribution in [0.25, 0.3) is 0 Å². The summed E-state index contributed by atoms with van der Waals surface area (Å²) >= 11 is 12.4.